The molecule has 118 valence electrons. The van der Waals surface area contributed by atoms with Crippen LogP contribution in [0.2, 0.25) is 0 Å². The van der Waals surface area contributed by atoms with Crippen LogP contribution < -0.4 is 5.69 Å². The molecule has 0 spiro atoms. The molecule has 0 bridgehead atoms. The van der Waals surface area contributed by atoms with E-state index in [9.17, 15) is 4.79 Å². The number of benzene rings is 2. The Balaban J connectivity index is 2.03. The molecule has 0 amide bonds. The van der Waals surface area contributed by atoms with E-state index in [2.05, 4.69) is 42.4 Å². The molecule has 0 aliphatic rings. The van der Waals surface area contributed by atoms with Crippen molar-refractivity contribution in [3.63, 3.8) is 0 Å². The number of hydrogen-bond donors (Lipinski definition) is 0. The van der Waals surface area contributed by atoms with E-state index < -0.39 is 0 Å². The summed E-state index contributed by atoms with van der Waals surface area (Å²) in [6.45, 7) is 2.61. The summed E-state index contributed by atoms with van der Waals surface area (Å²) in [5.74, 6) is 0. The summed E-state index contributed by atoms with van der Waals surface area (Å²) < 4.78 is 3.12. The van der Waals surface area contributed by atoms with Crippen LogP contribution in [0, 0.1) is 6.92 Å². The van der Waals surface area contributed by atoms with Crippen LogP contribution in [0.5, 0.6) is 0 Å². The first-order valence-corrected chi connectivity index (χ1v) is 8.65. The second-order valence-electron chi connectivity index (χ2n) is 5.49. The molecule has 0 atom stereocenters. The van der Waals surface area contributed by atoms with Crippen LogP contribution >= 0.6 is 11.8 Å². The Morgan fingerprint density at radius 2 is 1.83 bits per heavy atom. The summed E-state index contributed by atoms with van der Waals surface area (Å²) >= 11 is 1.49. The van der Waals surface area contributed by atoms with E-state index in [0.29, 0.717) is 6.54 Å². The highest BCUT2D eigenvalue weighted by Crippen LogP contribution is 2.23. The lowest BCUT2D eigenvalue weighted by atomic mass is 10.00. The molecule has 0 N–H and O–H groups in total. The van der Waals surface area contributed by atoms with Gasteiger partial charge in [0.2, 0.25) is 0 Å². The lowest BCUT2D eigenvalue weighted by molar-refractivity contribution is 0.677. The van der Waals surface area contributed by atoms with Crippen LogP contribution in [0.25, 0.3) is 11.1 Å². The van der Waals surface area contributed by atoms with Crippen LogP contribution in [-0.4, -0.2) is 20.6 Å². The summed E-state index contributed by atoms with van der Waals surface area (Å²) in [4.78, 5) is 12.3. The molecular weight excluding hydrogens is 306 g/mol. The third-order valence-corrected chi connectivity index (χ3v) is 4.61. The van der Waals surface area contributed by atoms with Gasteiger partial charge in [-0.25, -0.2) is 9.48 Å². The van der Waals surface area contributed by atoms with Gasteiger partial charge in [0, 0.05) is 7.05 Å². The molecule has 1 aromatic heterocycles. The van der Waals surface area contributed by atoms with E-state index in [0.717, 1.165) is 16.3 Å². The molecule has 3 aromatic rings. The minimum Gasteiger partial charge on any atom is -0.265 e. The van der Waals surface area contributed by atoms with Gasteiger partial charge >= 0.3 is 5.69 Å². The molecule has 23 heavy (non-hydrogen) atoms. The van der Waals surface area contributed by atoms with Gasteiger partial charge in [-0.2, -0.15) is 0 Å². The average molecular weight is 325 g/mol. The van der Waals surface area contributed by atoms with Gasteiger partial charge in [0.1, 0.15) is 0 Å². The zero-order chi connectivity index (χ0) is 16.4. The largest absolute Gasteiger partial charge is 0.346 e. The Morgan fingerprint density at radius 3 is 2.52 bits per heavy atom. The quantitative estimate of drug-likeness (QED) is 0.691. The molecule has 0 unspecified atom stereocenters. The van der Waals surface area contributed by atoms with Crippen molar-refractivity contribution in [3.8, 4) is 11.1 Å². The molecule has 0 saturated heterocycles. The van der Waals surface area contributed by atoms with Crippen molar-refractivity contribution in [3.05, 3.63) is 70.1 Å². The van der Waals surface area contributed by atoms with Crippen LogP contribution in [0.1, 0.15) is 11.1 Å². The fourth-order valence-corrected chi connectivity index (χ4v) is 3.16. The molecule has 0 radical (unpaired) electrons. The van der Waals surface area contributed by atoms with E-state index in [1.807, 2.05) is 24.5 Å². The fourth-order valence-electron chi connectivity index (χ4n) is 2.59. The molecule has 1 heterocycles. The van der Waals surface area contributed by atoms with Gasteiger partial charge in [0.25, 0.3) is 0 Å². The SMILES string of the molecule is CSc1nn(C)c(=O)n1Cc1cc(-c2ccccc2)ccc1C. The Morgan fingerprint density at radius 1 is 1.09 bits per heavy atom. The monoisotopic (exact) mass is 325 g/mol. The number of hydrogen-bond acceptors (Lipinski definition) is 3. The third-order valence-electron chi connectivity index (χ3n) is 3.94. The highest BCUT2D eigenvalue weighted by Gasteiger charge is 2.12. The normalized spacial score (nSPS) is 10.9. The van der Waals surface area contributed by atoms with Gasteiger partial charge in [-0.3, -0.25) is 4.57 Å². The molecule has 0 aliphatic heterocycles. The summed E-state index contributed by atoms with van der Waals surface area (Å²) in [5.41, 5.74) is 4.56. The first kappa shape index (κ1) is 15.6. The minimum absolute atomic E-state index is 0.0844. The minimum atomic E-state index is -0.0844. The predicted molar refractivity (Wildman–Crippen MR) is 95.0 cm³/mol. The van der Waals surface area contributed by atoms with Crippen molar-refractivity contribution in [1.82, 2.24) is 14.3 Å². The van der Waals surface area contributed by atoms with Gasteiger partial charge < -0.3 is 0 Å². The van der Waals surface area contributed by atoms with E-state index in [-0.39, 0.29) is 5.69 Å². The van der Waals surface area contributed by atoms with Crippen molar-refractivity contribution >= 4 is 11.8 Å². The summed E-state index contributed by atoms with van der Waals surface area (Å²) in [6.07, 6.45) is 1.94. The molecule has 5 heteroatoms. The van der Waals surface area contributed by atoms with Gasteiger partial charge in [-0.05, 0) is 41.5 Å². The number of aromatic nitrogens is 3. The van der Waals surface area contributed by atoms with Crippen molar-refractivity contribution in [1.29, 1.82) is 0 Å². The molecule has 0 fully saturated rings. The maximum absolute atomic E-state index is 12.3. The first-order chi connectivity index (χ1) is 11.1. The van der Waals surface area contributed by atoms with E-state index >= 15 is 0 Å². The topological polar surface area (TPSA) is 39.8 Å². The molecule has 2 aromatic carbocycles. The Hall–Kier alpha value is -2.27. The molecule has 0 saturated carbocycles. The third kappa shape index (κ3) is 3.10. The fraction of sp³-hybridized carbons (Fsp3) is 0.222. The second-order valence-corrected chi connectivity index (χ2v) is 6.26. The number of thioether (sulfide) groups is 1. The van der Waals surface area contributed by atoms with Crippen LogP contribution in [0.3, 0.4) is 0 Å². The van der Waals surface area contributed by atoms with Crippen LogP contribution in [0.15, 0.2) is 58.5 Å². The highest BCUT2D eigenvalue weighted by molar-refractivity contribution is 7.98. The molecule has 0 aliphatic carbocycles. The standard InChI is InChI=1S/C18H19N3OS/c1-13-9-10-15(14-7-5-4-6-8-14)11-16(13)12-21-17(23-3)19-20(2)18(21)22/h4-11H,12H2,1-3H3. The van der Waals surface area contributed by atoms with Crippen LogP contribution in [-0.2, 0) is 13.6 Å². The summed E-state index contributed by atoms with van der Waals surface area (Å²) in [5, 5.41) is 5.00. The smallest absolute Gasteiger partial charge is 0.265 e. The maximum Gasteiger partial charge on any atom is 0.346 e. The van der Waals surface area contributed by atoms with Gasteiger partial charge in [0.05, 0.1) is 6.54 Å². The Bertz CT molecular complexity index is 881. The lowest BCUT2D eigenvalue weighted by Crippen LogP contribution is -2.23. The van der Waals surface area contributed by atoms with E-state index in [1.165, 1.54) is 27.6 Å². The molecular formula is C18H19N3OS. The zero-order valence-electron chi connectivity index (χ0n) is 13.5. The summed E-state index contributed by atoms with van der Waals surface area (Å²) in [6, 6.07) is 16.7. The van der Waals surface area contributed by atoms with Crippen molar-refractivity contribution < 1.29 is 0 Å². The Labute approximate surface area is 139 Å². The highest BCUT2D eigenvalue weighted by atomic mass is 32.2. The van der Waals surface area contributed by atoms with Crippen molar-refractivity contribution in [2.75, 3.05) is 6.26 Å². The number of aryl methyl sites for hydroxylation is 2. The predicted octanol–water partition coefficient (Wildman–Crippen LogP) is 3.33. The summed E-state index contributed by atoms with van der Waals surface area (Å²) in [7, 11) is 1.69. The van der Waals surface area contributed by atoms with E-state index in [1.54, 1.807) is 11.6 Å². The number of nitrogens with zero attached hydrogens (tertiary/aromatic N) is 3. The molecule has 3 rings (SSSR count). The molecule has 4 nitrogen and oxygen atoms in total. The van der Waals surface area contributed by atoms with Gasteiger partial charge in [-0.1, -0.05) is 54.2 Å². The number of rotatable bonds is 4. The zero-order valence-corrected chi connectivity index (χ0v) is 14.3. The van der Waals surface area contributed by atoms with Crippen LogP contribution in [0.4, 0.5) is 0 Å². The first-order valence-electron chi connectivity index (χ1n) is 7.43. The lowest BCUT2D eigenvalue weighted by Gasteiger charge is -2.10. The van der Waals surface area contributed by atoms with Crippen molar-refractivity contribution in [2.45, 2.75) is 18.6 Å². The van der Waals surface area contributed by atoms with E-state index in [4.69, 9.17) is 0 Å². The Kier molecular flexibility index (Phi) is 4.39. The second kappa shape index (κ2) is 6.46. The maximum atomic E-state index is 12.3. The van der Waals surface area contributed by atoms with Crippen molar-refractivity contribution in [2.24, 2.45) is 7.05 Å². The van der Waals surface area contributed by atoms with Gasteiger partial charge in [0.15, 0.2) is 5.16 Å². The average Bonchev–Trinajstić information content (AvgIpc) is 2.85. The van der Waals surface area contributed by atoms with Gasteiger partial charge in [-0.15, -0.1) is 5.10 Å².